The van der Waals surface area contributed by atoms with Gasteiger partial charge in [-0.1, -0.05) is 103 Å². The maximum atomic E-state index is 11.7. The molecule has 0 aliphatic rings. The molecule has 0 saturated heterocycles. The van der Waals surface area contributed by atoms with Crippen LogP contribution in [-0.4, -0.2) is 6.29 Å². The first kappa shape index (κ1) is 21.4. The highest BCUT2D eigenvalue weighted by Crippen LogP contribution is 2.36. The molecule has 164 valence electrons. The Labute approximate surface area is 200 Å². The van der Waals surface area contributed by atoms with Crippen LogP contribution in [0.2, 0.25) is 0 Å². The third-order valence-corrected chi connectivity index (χ3v) is 6.06. The van der Waals surface area contributed by atoms with E-state index in [-0.39, 0.29) is 0 Å². The molecule has 5 aromatic rings. The Bertz CT molecular complexity index is 1410. The minimum absolute atomic E-state index is 0.693. The molecule has 5 aromatic carbocycles. The van der Waals surface area contributed by atoms with Gasteiger partial charge in [-0.2, -0.15) is 0 Å². The number of benzene rings is 5. The van der Waals surface area contributed by atoms with Crippen molar-refractivity contribution in [3.63, 3.8) is 0 Å². The SMILES string of the molecule is Cc1ccc(N(C=C(c2ccccc2)c2ccccc2)c2ccc(C=O)c3ccccc23)cc1. The molecule has 0 aliphatic carbocycles. The number of anilines is 2. The van der Waals surface area contributed by atoms with E-state index in [0.717, 1.165) is 45.1 Å². The van der Waals surface area contributed by atoms with Gasteiger partial charge in [0.15, 0.2) is 6.29 Å². The molecule has 5 rings (SSSR count). The van der Waals surface area contributed by atoms with Crippen molar-refractivity contribution in [2.75, 3.05) is 4.90 Å². The molecule has 0 heterocycles. The molecule has 0 fully saturated rings. The first-order chi connectivity index (χ1) is 16.7. The van der Waals surface area contributed by atoms with Crippen LogP contribution in [-0.2, 0) is 0 Å². The largest absolute Gasteiger partial charge is 0.316 e. The maximum Gasteiger partial charge on any atom is 0.150 e. The highest BCUT2D eigenvalue weighted by atomic mass is 16.1. The van der Waals surface area contributed by atoms with Crippen molar-refractivity contribution >= 4 is 34.0 Å². The predicted molar refractivity (Wildman–Crippen MR) is 143 cm³/mol. The van der Waals surface area contributed by atoms with E-state index >= 15 is 0 Å². The van der Waals surface area contributed by atoms with E-state index in [0.29, 0.717) is 5.56 Å². The lowest BCUT2D eigenvalue weighted by atomic mass is 9.98. The molecule has 0 aromatic heterocycles. The molecule has 0 saturated carbocycles. The highest BCUT2D eigenvalue weighted by molar-refractivity contribution is 6.05. The topological polar surface area (TPSA) is 20.3 Å². The molecule has 0 spiro atoms. The standard InChI is InChI=1S/C32H25NO/c1-24-16-19-28(20-17-24)33(32-21-18-27(23-34)29-14-8-9-15-30(29)32)22-31(25-10-4-2-5-11-25)26-12-6-3-7-13-26/h2-23H,1H3. The second-order valence-electron chi connectivity index (χ2n) is 8.32. The van der Waals surface area contributed by atoms with Crippen LogP contribution in [0.3, 0.4) is 0 Å². The zero-order chi connectivity index (χ0) is 23.3. The Morgan fingerprint density at radius 2 is 1.18 bits per heavy atom. The number of carbonyl (C=O) groups is 1. The van der Waals surface area contributed by atoms with Crippen LogP contribution in [0.5, 0.6) is 0 Å². The zero-order valence-corrected chi connectivity index (χ0v) is 19.1. The predicted octanol–water partition coefficient (Wildman–Crippen LogP) is 8.19. The summed E-state index contributed by atoms with van der Waals surface area (Å²) in [4.78, 5) is 14.0. The summed E-state index contributed by atoms with van der Waals surface area (Å²) in [6, 6.07) is 41.5. The summed E-state index contributed by atoms with van der Waals surface area (Å²) >= 11 is 0. The van der Waals surface area contributed by atoms with Crippen molar-refractivity contribution in [1.29, 1.82) is 0 Å². The molecule has 0 radical (unpaired) electrons. The average Bonchev–Trinajstić information content (AvgIpc) is 2.91. The van der Waals surface area contributed by atoms with Crippen molar-refractivity contribution in [1.82, 2.24) is 0 Å². The van der Waals surface area contributed by atoms with Gasteiger partial charge in [-0.05, 0) is 47.7 Å². The molecule has 2 heteroatoms. The van der Waals surface area contributed by atoms with Gasteiger partial charge in [-0.3, -0.25) is 4.79 Å². The monoisotopic (exact) mass is 439 g/mol. The normalized spacial score (nSPS) is 10.6. The number of hydrogen-bond donors (Lipinski definition) is 0. The second kappa shape index (κ2) is 9.60. The lowest BCUT2D eigenvalue weighted by molar-refractivity contribution is 0.112. The maximum absolute atomic E-state index is 11.7. The van der Waals surface area contributed by atoms with Crippen LogP contribution in [0.4, 0.5) is 11.4 Å². The van der Waals surface area contributed by atoms with Gasteiger partial charge in [0.1, 0.15) is 0 Å². The second-order valence-corrected chi connectivity index (χ2v) is 8.32. The van der Waals surface area contributed by atoms with E-state index in [9.17, 15) is 4.79 Å². The molecular weight excluding hydrogens is 414 g/mol. The number of fused-ring (bicyclic) bond motifs is 1. The van der Waals surface area contributed by atoms with Crippen molar-refractivity contribution in [2.45, 2.75) is 6.92 Å². The van der Waals surface area contributed by atoms with Gasteiger partial charge in [0.25, 0.3) is 0 Å². The fourth-order valence-electron chi connectivity index (χ4n) is 4.29. The number of hydrogen-bond acceptors (Lipinski definition) is 2. The van der Waals surface area contributed by atoms with Crippen molar-refractivity contribution in [3.05, 3.63) is 150 Å². The molecule has 0 unspecified atom stereocenters. The summed E-state index contributed by atoms with van der Waals surface area (Å²) in [5.41, 5.74) is 7.37. The van der Waals surface area contributed by atoms with E-state index in [1.54, 1.807) is 0 Å². The Kier molecular flexibility index (Phi) is 6.05. The van der Waals surface area contributed by atoms with Gasteiger partial charge in [-0.15, -0.1) is 0 Å². The quantitative estimate of drug-likeness (QED) is 0.249. The van der Waals surface area contributed by atoms with Gasteiger partial charge in [0.2, 0.25) is 0 Å². The molecule has 0 aliphatic heterocycles. The van der Waals surface area contributed by atoms with E-state index < -0.39 is 0 Å². The fraction of sp³-hybridized carbons (Fsp3) is 0.0312. The lowest BCUT2D eigenvalue weighted by Gasteiger charge is -2.25. The molecule has 0 amide bonds. The highest BCUT2D eigenvalue weighted by Gasteiger charge is 2.15. The Balaban J connectivity index is 1.79. The van der Waals surface area contributed by atoms with Crippen LogP contribution >= 0.6 is 0 Å². The fourth-order valence-corrected chi connectivity index (χ4v) is 4.29. The third-order valence-electron chi connectivity index (χ3n) is 6.06. The molecule has 0 atom stereocenters. The van der Waals surface area contributed by atoms with E-state index in [1.807, 2.05) is 42.5 Å². The molecule has 34 heavy (non-hydrogen) atoms. The summed E-state index contributed by atoms with van der Waals surface area (Å²) in [6.45, 7) is 2.09. The lowest BCUT2D eigenvalue weighted by Crippen LogP contribution is -2.11. The molecular formula is C32H25NO. The van der Waals surface area contributed by atoms with Crippen LogP contribution in [0.15, 0.2) is 128 Å². The van der Waals surface area contributed by atoms with Gasteiger partial charge in [0.05, 0.1) is 5.69 Å². The van der Waals surface area contributed by atoms with Gasteiger partial charge in [0, 0.05) is 28.4 Å². The zero-order valence-electron chi connectivity index (χ0n) is 19.1. The Hall–Kier alpha value is -4.43. The summed E-state index contributed by atoms with van der Waals surface area (Å²) in [5.74, 6) is 0. The summed E-state index contributed by atoms with van der Waals surface area (Å²) in [7, 11) is 0. The van der Waals surface area contributed by atoms with Gasteiger partial charge < -0.3 is 4.90 Å². The van der Waals surface area contributed by atoms with Crippen molar-refractivity contribution in [2.24, 2.45) is 0 Å². The molecule has 0 bridgehead atoms. The van der Waals surface area contributed by atoms with Crippen LogP contribution < -0.4 is 4.90 Å². The van der Waals surface area contributed by atoms with Crippen LogP contribution in [0, 0.1) is 6.92 Å². The number of carbonyl (C=O) groups excluding carboxylic acids is 1. The average molecular weight is 440 g/mol. The number of nitrogens with zero attached hydrogens (tertiary/aromatic N) is 1. The summed E-state index contributed by atoms with van der Waals surface area (Å²) in [6.07, 6.45) is 3.13. The summed E-state index contributed by atoms with van der Waals surface area (Å²) in [5, 5.41) is 1.98. The minimum Gasteiger partial charge on any atom is -0.316 e. The first-order valence-corrected chi connectivity index (χ1v) is 11.4. The van der Waals surface area contributed by atoms with Gasteiger partial charge in [-0.25, -0.2) is 0 Å². The van der Waals surface area contributed by atoms with E-state index in [4.69, 9.17) is 0 Å². The van der Waals surface area contributed by atoms with Crippen LogP contribution in [0.1, 0.15) is 27.0 Å². The Morgan fingerprint density at radius 1 is 0.618 bits per heavy atom. The summed E-state index contributed by atoms with van der Waals surface area (Å²) < 4.78 is 0. The molecule has 2 nitrogen and oxygen atoms in total. The number of aryl methyl sites for hydroxylation is 1. The smallest absolute Gasteiger partial charge is 0.150 e. The number of rotatable bonds is 6. The first-order valence-electron chi connectivity index (χ1n) is 11.4. The van der Waals surface area contributed by atoms with E-state index in [2.05, 4.69) is 96.9 Å². The van der Waals surface area contributed by atoms with Crippen LogP contribution in [0.25, 0.3) is 16.3 Å². The van der Waals surface area contributed by atoms with Crippen molar-refractivity contribution < 1.29 is 4.79 Å². The molecule has 0 N–H and O–H groups in total. The minimum atomic E-state index is 0.693. The van der Waals surface area contributed by atoms with Gasteiger partial charge >= 0.3 is 0 Å². The Morgan fingerprint density at radius 3 is 1.76 bits per heavy atom. The van der Waals surface area contributed by atoms with E-state index in [1.165, 1.54) is 5.56 Å². The number of aldehydes is 1. The van der Waals surface area contributed by atoms with Crippen molar-refractivity contribution in [3.8, 4) is 0 Å². The third kappa shape index (κ3) is 4.26.